The average molecular weight is 296 g/mol. The van der Waals surface area contributed by atoms with Crippen molar-refractivity contribution in [2.75, 3.05) is 23.3 Å². The van der Waals surface area contributed by atoms with Gasteiger partial charge in [-0.25, -0.2) is 0 Å². The van der Waals surface area contributed by atoms with Crippen LogP contribution in [0.15, 0.2) is 53.4 Å². The molecule has 0 saturated carbocycles. The van der Waals surface area contributed by atoms with E-state index in [-0.39, 0.29) is 5.91 Å². The van der Waals surface area contributed by atoms with Gasteiger partial charge in [0.1, 0.15) is 0 Å². The normalized spacial score (nSPS) is 19.9. The predicted octanol–water partition coefficient (Wildman–Crippen LogP) is 3.16. The van der Waals surface area contributed by atoms with Gasteiger partial charge in [0.05, 0.1) is 17.9 Å². The Morgan fingerprint density at radius 3 is 2.86 bits per heavy atom. The largest absolute Gasteiger partial charge is 0.359 e. The third-order valence-corrected chi connectivity index (χ3v) is 5.29. The van der Waals surface area contributed by atoms with E-state index in [0.29, 0.717) is 11.8 Å². The van der Waals surface area contributed by atoms with Gasteiger partial charge in [-0.15, -0.1) is 11.8 Å². The molecular weight excluding hydrogens is 280 g/mol. The first-order chi connectivity index (χ1) is 10.3. The molecule has 0 spiro atoms. The predicted molar refractivity (Wildman–Crippen MR) is 87.1 cm³/mol. The van der Waals surface area contributed by atoms with E-state index in [1.807, 2.05) is 30.0 Å². The number of hydrogen-bond donors (Lipinski definition) is 1. The van der Waals surface area contributed by atoms with Crippen LogP contribution < -0.4 is 10.2 Å². The number of benzene rings is 2. The Bertz CT molecular complexity index is 676. The van der Waals surface area contributed by atoms with Crippen molar-refractivity contribution >= 4 is 29.0 Å². The van der Waals surface area contributed by atoms with Crippen LogP contribution in [0.4, 0.5) is 11.4 Å². The highest BCUT2D eigenvalue weighted by molar-refractivity contribution is 8.00. The number of rotatable bonds is 2. The second-order valence-electron chi connectivity index (χ2n) is 5.50. The van der Waals surface area contributed by atoms with Crippen LogP contribution in [-0.4, -0.2) is 24.2 Å². The number of amides is 1. The molecule has 3 nitrogen and oxygen atoms in total. The number of thioether (sulfide) groups is 1. The van der Waals surface area contributed by atoms with Crippen molar-refractivity contribution in [3.8, 4) is 0 Å². The Morgan fingerprint density at radius 1 is 1.14 bits per heavy atom. The SMILES string of the molecule is O=C1CN(CC2Cc3ccccc3S2)c2ccccc2N1. The molecule has 0 bridgehead atoms. The number of anilines is 2. The first-order valence-electron chi connectivity index (χ1n) is 7.18. The van der Waals surface area contributed by atoms with Crippen molar-refractivity contribution in [2.45, 2.75) is 16.6 Å². The summed E-state index contributed by atoms with van der Waals surface area (Å²) in [5, 5.41) is 3.46. The van der Waals surface area contributed by atoms with Crippen LogP contribution in [0.3, 0.4) is 0 Å². The van der Waals surface area contributed by atoms with Crippen molar-refractivity contribution < 1.29 is 4.79 Å². The number of hydrogen-bond acceptors (Lipinski definition) is 3. The number of nitrogens with zero attached hydrogens (tertiary/aromatic N) is 1. The van der Waals surface area contributed by atoms with Crippen LogP contribution in [0.2, 0.25) is 0 Å². The summed E-state index contributed by atoms with van der Waals surface area (Å²) < 4.78 is 0. The fourth-order valence-corrected chi connectivity index (χ4v) is 4.40. The third-order valence-electron chi connectivity index (χ3n) is 3.99. The topological polar surface area (TPSA) is 32.3 Å². The molecule has 2 heterocycles. The summed E-state index contributed by atoms with van der Waals surface area (Å²) in [6.07, 6.45) is 1.08. The highest BCUT2D eigenvalue weighted by Gasteiger charge is 2.28. The highest BCUT2D eigenvalue weighted by atomic mass is 32.2. The molecule has 2 aromatic carbocycles. The Labute approximate surface area is 128 Å². The minimum Gasteiger partial charge on any atom is -0.359 e. The molecule has 0 saturated heterocycles. The van der Waals surface area contributed by atoms with Gasteiger partial charge < -0.3 is 10.2 Å². The third kappa shape index (κ3) is 2.40. The van der Waals surface area contributed by atoms with Crippen LogP contribution in [0.1, 0.15) is 5.56 Å². The van der Waals surface area contributed by atoms with E-state index in [4.69, 9.17) is 0 Å². The Balaban J connectivity index is 1.55. The van der Waals surface area contributed by atoms with Gasteiger partial charge in [-0.1, -0.05) is 30.3 Å². The molecule has 0 aliphatic carbocycles. The van der Waals surface area contributed by atoms with Gasteiger partial charge in [-0.3, -0.25) is 4.79 Å². The molecule has 1 amide bonds. The van der Waals surface area contributed by atoms with E-state index < -0.39 is 0 Å². The summed E-state index contributed by atoms with van der Waals surface area (Å²) in [6.45, 7) is 1.36. The number of nitrogens with one attached hydrogen (secondary N) is 1. The maximum absolute atomic E-state index is 11.9. The second kappa shape index (κ2) is 5.11. The number of carbonyl (C=O) groups excluding carboxylic acids is 1. The van der Waals surface area contributed by atoms with Crippen molar-refractivity contribution in [1.29, 1.82) is 0 Å². The van der Waals surface area contributed by atoms with E-state index in [1.165, 1.54) is 10.5 Å². The maximum atomic E-state index is 11.9. The summed E-state index contributed by atoms with van der Waals surface area (Å²) in [7, 11) is 0. The maximum Gasteiger partial charge on any atom is 0.243 e. The Morgan fingerprint density at radius 2 is 1.95 bits per heavy atom. The van der Waals surface area contributed by atoms with E-state index >= 15 is 0 Å². The highest BCUT2D eigenvalue weighted by Crippen LogP contribution is 2.38. The fourth-order valence-electron chi connectivity index (χ4n) is 3.07. The molecule has 2 aliphatic rings. The smallest absolute Gasteiger partial charge is 0.243 e. The first-order valence-corrected chi connectivity index (χ1v) is 8.06. The van der Waals surface area contributed by atoms with Gasteiger partial charge in [0.15, 0.2) is 0 Å². The van der Waals surface area contributed by atoms with Gasteiger partial charge in [0.2, 0.25) is 5.91 Å². The second-order valence-corrected chi connectivity index (χ2v) is 6.84. The van der Waals surface area contributed by atoms with Crippen LogP contribution in [0.25, 0.3) is 0 Å². The average Bonchev–Trinajstić information content (AvgIpc) is 2.89. The monoisotopic (exact) mass is 296 g/mol. The van der Waals surface area contributed by atoms with Crippen LogP contribution in [0.5, 0.6) is 0 Å². The molecule has 106 valence electrons. The summed E-state index contributed by atoms with van der Waals surface area (Å²) in [4.78, 5) is 15.5. The molecule has 4 heteroatoms. The molecular formula is C17H16N2OS. The zero-order valence-corrected chi connectivity index (χ0v) is 12.4. The first kappa shape index (κ1) is 12.8. The minimum absolute atomic E-state index is 0.0780. The van der Waals surface area contributed by atoms with Crippen molar-refractivity contribution in [3.05, 3.63) is 54.1 Å². The lowest BCUT2D eigenvalue weighted by Crippen LogP contribution is -2.41. The van der Waals surface area contributed by atoms with Gasteiger partial charge in [0.25, 0.3) is 0 Å². The Kier molecular flexibility index (Phi) is 3.11. The number of fused-ring (bicyclic) bond motifs is 2. The molecule has 4 rings (SSSR count). The molecule has 1 N–H and O–H groups in total. The molecule has 2 aromatic rings. The molecule has 21 heavy (non-hydrogen) atoms. The summed E-state index contributed by atoms with van der Waals surface area (Å²) >= 11 is 1.93. The van der Waals surface area contributed by atoms with E-state index in [1.54, 1.807) is 0 Å². The van der Waals surface area contributed by atoms with Gasteiger partial charge in [-0.05, 0) is 30.2 Å². The number of para-hydroxylation sites is 2. The van der Waals surface area contributed by atoms with Crippen LogP contribution in [-0.2, 0) is 11.2 Å². The lowest BCUT2D eigenvalue weighted by molar-refractivity contribution is -0.115. The van der Waals surface area contributed by atoms with Gasteiger partial charge in [-0.2, -0.15) is 0 Å². The zero-order chi connectivity index (χ0) is 14.2. The minimum atomic E-state index is 0.0780. The van der Waals surface area contributed by atoms with E-state index in [0.717, 1.165) is 24.3 Å². The fraction of sp³-hybridized carbons (Fsp3) is 0.235. The summed E-state index contributed by atoms with van der Waals surface area (Å²) in [6, 6.07) is 16.6. The standard InChI is InChI=1S/C17H16N2OS/c20-17-11-19(15-7-3-2-6-14(15)18-17)10-13-9-12-5-1-4-8-16(12)21-13/h1-8,13H,9-11H2,(H,18,20). The lowest BCUT2D eigenvalue weighted by Gasteiger charge is -2.32. The van der Waals surface area contributed by atoms with Gasteiger partial charge >= 0.3 is 0 Å². The van der Waals surface area contributed by atoms with Gasteiger partial charge in [0, 0.05) is 16.7 Å². The van der Waals surface area contributed by atoms with E-state index in [9.17, 15) is 4.79 Å². The lowest BCUT2D eigenvalue weighted by atomic mass is 10.1. The van der Waals surface area contributed by atoms with Crippen molar-refractivity contribution in [3.63, 3.8) is 0 Å². The summed E-state index contributed by atoms with van der Waals surface area (Å²) in [5.74, 6) is 0.0780. The molecule has 1 unspecified atom stereocenters. The van der Waals surface area contributed by atoms with Crippen molar-refractivity contribution in [1.82, 2.24) is 0 Å². The Hall–Kier alpha value is -1.94. The van der Waals surface area contributed by atoms with Crippen LogP contribution >= 0.6 is 11.8 Å². The van der Waals surface area contributed by atoms with Crippen LogP contribution in [0, 0.1) is 0 Å². The molecule has 1 atom stereocenters. The van der Waals surface area contributed by atoms with E-state index in [2.05, 4.69) is 40.5 Å². The molecule has 0 radical (unpaired) electrons. The number of carbonyl (C=O) groups is 1. The molecule has 0 fully saturated rings. The molecule has 2 aliphatic heterocycles. The quantitative estimate of drug-likeness (QED) is 0.924. The molecule has 0 aromatic heterocycles. The van der Waals surface area contributed by atoms with Crippen molar-refractivity contribution in [2.24, 2.45) is 0 Å². The summed E-state index contributed by atoms with van der Waals surface area (Å²) in [5.41, 5.74) is 3.49. The zero-order valence-electron chi connectivity index (χ0n) is 11.6.